The SMILES string of the molecule is COc1ccccc1C(C)(C)CNCC(N)=O. The van der Waals surface area contributed by atoms with E-state index in [-0.39, 0.29) is 17.9 Å². The van der Waals surface area contributed by atoms with Crippen molar-refractivity contribution >= 4 is 5.91 Å². The molecule has 0 radical (unpaired) electrons. The van der Waals surface area contributed by atoms with Crippen molar-refractivity contribution in [1.82, 2.24) is 5.32 Å². The fraction of sp³-hybridized carbons (Fsp3) is 0.462. The molecule has 0 saturated carbocycles. The Labute approximate surface area is 102 Å². The summed E-state index contributed by atoms with van der Waals surface area (Å²) >= 11 is 0. The minimum atomic E-state index is -0.346. The zero-order valence-electron chi connectivity index (χ0n) is 10.6. The molecule has 0 saturated heterocycles. The summed E-state index contributed by atoms with van der Waals surface area (Å²) in [5, 5.41) is 3.04. The summed E-state index contributed by atoms with van der Waals surface area (Å²) in [6, 6.07) is 7.89. The van der Waals surface area contributed by atoms with Crippen LogP contribution in [0.4, 0.5) is 0 Å². The number of amides is 1. The number of benzene rings is 1. The Morgan fingerprint density at radius 3 is 2.65 bits per heavy atom. The first kappa shape index (κ1) is 13.5. The van der Waals surface area contributed by atoms with E-state index in [4.69, 9.17) is 10.5 Å². The van der Waals surface area contributed by atoms with E-state index in [1.54, 1.807) is 7.11 Å². The number of carbonyl (C=O) groups excluding carboxylic acids is 1. The normalized spacial score (nSPS) is 11.2. The fourth-order valence-corrected chi connectivity index (χ4v) is 1.80. The van der Waals surface area contributed by atoms with Crippen molar-refractivity contribution in [2.45, 2.75) is 19.3 Å². The fourth-order valence-electron chi connectivity index (χ4n) is 1.80. The maximum absolute atomic E-state index is 10.7. The van der Waals surface area contributed by atoms with Crippen molar-refractivity contribution in [1.29, 1.82) is 0 Å². The predicted molar refractivity (Wildman–Crippen MR) is 68.1 cm³/mol. The molecule has 1 rings (SSSR count). The number of hydrogen-bond acceptors (Lipinski definition) is 3. The van der Waals surface area contributed by atoms with Gasteiger partial charge in [-0.05, 0) is 6.07 Å². The van der Waals surface area contributed by atoms with Gasteiger partial charge in [0.25, 0.3) is 0 Å². The second kappa shape index (κ2) is 5.68. The summed E-state index contributed by atoms with van der Waals surface area (Å²) < 4.78 is 5.34. The van der Waals surface area contributed by atoms with Gasteiger partial charge in [0.15, 0.2) is 0 Å². The summed E-state index contributed by atoms with van der Waals surface area (Å²) in [6.07, 6.45) is 0. The topological polar surface area (TPSA) is 64.3 Å². The molecule has 17 heavy (non-hydrogen) atoms. The van der Waals surface area contributed by atoms with Crippen LogP contribution >= 0.6 is 0 Å². The third-order valence-corrected chi connectivity index (χ3v) is 2.70. The van der Waals surface area contributed by atoms with Gasteiger partial charge in [-0.15, -0.1) is 0 Å². The van der Waals surface area contributed by atoms with Gasteiger partial charge in [0.2, 0.25) is 5.91 Å². The molecule has 0 atom stereocenters. The lowest BCUT2D eigenvalue weighted by atomic mass is 9.84. The Morgan fingerprint density at radius 1 is 1.41 bits per heavy atom. The lowest BCUT2D eigenvalue weighted by Crippen LogP contribution is -2.38. The van der Waals surface area contributed by atoms with Crippen LogP contribution in [0.25, 0.3) is 0 Å². The average Bonchev–Trinajstić information content (AvgIpc) is 2.28. The molecule has 0 bridgehead atoms. The molecule has 0 aliphatic rings. The summed E-state index contributed by atoms with van der Waals surface area (Å²) in [6.45, 7) is 5.05. The van der Waals surface area contributed by atoms with Crippen molar-refractivity contribution in [3.8, 4) is 5.75 Å². The molecule has 4 nitrogen and oxygen atoms in total. The zero-order valence-corrected chi connectivity index (χ0v) is 10.6. The van der Waals surface area contributed by atoms with Crippen LogP contribution in [0.3, 0.4) is 0 Å². The molecular formula is C13H20N2O2. The smallest absolute Gasteiger partial charge is 0.231 e. The summed E-state index contributed by atoms with van der Waals surface area (Å²) in [5.74, 6) is 0.513. The van der Waals surface area contributed by atoms with Gasteiger partial charge in [0, 0.05) is 17.5 Å². The number of rotatable bonds is 6. The lowest BCUT2D eigenvalue weighted by molar-refractivity contribution is -0.117. The van der Waals surface area contributed by atoms with Crippen LogP contribution in [-0.2, 0) is 10.2 Å². The van der Waals surface area contributed by atoms with Gasteiger partial charge in [-0.1, -0.05) is 32.0 Å². The van der Waals surface area contributed by atoms with Crippen molar-refractivity contribution in [3.63, 3.8) is 0 Å². The second-order valence-electron chi connectivity index (χ2n) is 4.65. The first-order chi connectivity index (χ1) is 7.97. The summed E-state index contributed by atoms with van der Waals surface area (Å²) in [7, 11) is 1.66. The maximum atomic E-state index is 10.7. The molecule has 1 amide bonds. The molecule has 3 N–H and O–H groups in total. The first-order valence-electron chi connectivity index (χ1n) is 5.60. The van der Waals surface area contributed by atoms with Gasteiger partial charge in [0.1, 0.15) is 5.75 Å². The molecular weight excluding hydrogens is 216 g/mol. The Hall–Kier alpha value is -1.55. The minimum Gasteiger partial charge on any atom is -0.496 e. The van der Waals surface area contributed by atoms with Gasteiger partial charge in [-0.3, -0.25) is 4.79 Å². The number of methoxy groups -OCH3 is 1. The van der Waals surface area contributed by atoms with Crippen molar-refractivity contribution in [3.05, 3.63) is 29.8 Å². The first-order valence-corrected chi connectivity index (χ1v) is 5.60. The largest absolute Gasteiger partial charge is 0.496 e. The second-order valence-corrected chi connectivity index (χ2v) is 4.65. The summed E-state index contributed by atoms with van der Waals surface area (Å²) in [5.41, 5.74) is 6.08. The van der Waals surface area contributed by atoms with Crippen LogP contribution in [0.1, 0.15) is 19.4 Å². The molecule has 1 aromatic rings. The highest BCUT2D eigenvalue weighted by Gasteiger charge is 2.23. The van der Waals surface area contributed by atoms with Gasteiger partial charge >= 0.3 is 0 Å². The molecule has 0 unspecified atom stereocenters. The Morgan fingerprint density at radius 2 is 2.06 bits per heavy atom. The molecule has 4 heteroatoms. The summed E-state index contributed by atoms with van der Waals surface area (Å²) in [4.78, 5) is 10.7. The molecule has 0 aliphatic heterocycles. The van der Waals surface area contributed by atoms with E-state index < -0.39 is 0 Å². The molecule has 0 fully saturated rings. The number of para-hydroxylation sites is 1. The van der Waals surface area contributed by atoms with Crippen LogP contribution in [0.15, 0.2) is 24.3 Å². The van der Waals surface area contributed by atoms with Gasteiger partial charge in [-0.25, -0.2) is 0 Å². The molecule has 0 spiro atoms. The number of carbonyl (C=O) groups is 1. The van der Waals surface area contributed by atoms with Crippen LogP contribution in [-0.4, -0.2) is 26.1 Å². The monoisotopic (exact) mass is 236 g/mol. The van der Waals surface area contributed by atoms with Gasteiger partial charge in [0.05, 0.1) is 13.7 Å². The molecule has 0 aromatic heterocycles. The molecule has 1 aromatic carbocycles. The standard InChI is InChI=1S/C13H20N2O2/c1-13(2,9-15-8-12(14)16)10-6-4-5-7-11(10)17-3/h4-7,15H,8-9H2,1-3H3,(H2,14,16). The van der Waals surface area contributed by atoms with E-state index in [0.717, 1.165) is 11.3 Å². The quantitative estimate of drug-likeness (QED) is 0.776. The Kier molecular flexibility index (Phi) is 4.52. The average molecular weight is 236 g/mol. The third-order valence-electron chi connectivity index (χ3n) is 2.70. The number of ether oxygens (including phenoxy) is 1. The third kappa shape index (κ3) is 3.75. The van der Waals surface area contributed by atoms with Crippen molar-refractivity contribution < 1.29 is 9.53 Å². The van der Waals surface area contributed by atoms with Crippen molar-refractivity contribution in [2.75, 3.05) is 20.2 Å². The predicted octanol–water partition coefficient (Wildman–Crippen LogP) is 1.05. The van der Waals surface area contributed by atoms with Crippen LogP contribution < -0.4 is 15.8 Å². The highest BCUT2D eigenvalue weighted by Crippen LogP contribution is 2.30. The minimum absolute atomic E-state index is 0.123. The molecule has 0 aliphatic carbocycles. The van der Waals surface area contributed by atoms with E-state index in [9.17, 15) is 4.79 Å². The van der Waals surface area contributed by atoms with E-state index >= 15 is 0 Å². The van der Waals surface area contributed by atoms with Crippen LogP contribution in [0, 0.1) is 0 Å². The zero-order chi connectivity index (χ0) is 12.9. The Balaban J connectivity index is 2.77. The van der Waals surface area contributed by atoms with E-state index in [2.05, 4.69) is 19.2 Å². The van der Waals surface area contributed by atoms with Crippen molar-refractivity contribution in [2.24, 2.45) is 5.73 Å². The van der Waals surface area contributed by atoms with E-state index in [1.807, 2.05) is 24.3 Å². The number of nitrogens with one attached hydrogen (secondary N) is 1. The highest BCUT2D eigenvalue weighted by molar-refractivity contribution is 5.75. The maximum Gasteiger partial charge on any atom is 0.231 e. The van der Waals surface area contributed by atoms with E-state index in [0.29, 0.717) is 6.54 Å². The van der Waals surface area contributed by atoms with Gasteiger partial charge in [-0.2, -0.15) is 0 Å². The highest BCUT2D eigenvalue weighted by atomic mass is 16.5. The molecule has 94 valence electrons. The number of primary amides is 1. The van der Waals surface area contributed by atoms with E-state index in [1.165, 1.54) is 0 Å². The van der Waals surface area contributed by atoms with Crippen LogP contribution in [0.5, 0.6) is 5.75 Å². The molecule has 0 heterocycles. The Bertz CT molecular complexity index is 389. The van der Waals surface area contributed by atoms with Crippen LogP contribution in [0.2, 0.25) is 0 Å². The lowest BCUT2D eigenvalue weighted by Gasteiger charge is -2.27. The number of nitrogens with two attached hydrogens (primary N) is 1. The van der Waals surface area contributed by atoms with Gasteiger partial charge < -0.3 is 15.8 Å². The number of hydrogen-bond donors (Lipinski definition) is 2.